The molecule has 1 amide bonds. The van der Waals surface area contributed by atoms with Crippen LogP contribution in [0.1, 0.15) is 26.2 Å². The number of pyridine rings is 1. The van der Waals surface area contributed by atoms with Crippen LogP contribution in [0.2, 0.25) is 0 Å². The maximum absolute atomic E-state index is 11.5. The lowest BCUT2D eigenvalue weighted by atomic mass is 10.1. The average molecular weight is 458 g/mol. The Hall–Kier alpha value is -2.88. The SMILES string of the molecule is COc1cc(Oc2ccc(N3CC(OCCOC4CCCCO4)C3)cc2)c(NC(C)=O)cn1. The third-order valence-electron chi connectivity index (χ3n) is 5.52. The smallest absolute Gasteiger partial charge is 0.221 e. The van der Waals surface area contributed by atoms with Crippen molar-refractivity contribution >= 4 is 17.3 Å². The first-order chi connectivity index (χ1) is 16.1. The molecule has 0 radical (unpaired) electrons. The van der Waals surface area contributed by atoms with Gasteiger partial charge in [-0.2, -0.15) is 0 Å². The predicted octanol–water partition coefficient (Wildman–Crippen LogP) is 3.59. The summed E-state index contributed by atoms with van der Waals surface area (Å²) in [5.41, 5.74) is 1.58. The molecule has 2 saturated heterocycles. The molecule has 9 nitrogen and oxygen atoms in total. The van der Waals surface area contributed by atoms with Crippen molar-refractivity contribution in [3.63, 3.8) is 0 Å². The van der Waals surface area contributed by atoms with Gasteiger partial charge in [-0.15, -0.1) is 0 Å². The van der Waals surface area contributed by atoms with Crippen LogP contribution in [0.3, 0.4) is 0 Å². The van der Waals surface area contributed by atoms with Crippen molar-refractivity contribution in [2.75, 3.05) is 50.2 Å². The number of nitrogens with zero attached hydrogens (tertiary/aromatic N) is 2. The molecule has 0 saturated carbocycles. The lowest BCUT2D eigenvalue weighted by molar-refractivity contribution is -0.171. The Kier molecular flexibility index (Phi) is 7.98. The molecule has 2 aromatic rings. The molecule has 33 heavy (non-hydrogen) atoms. The van der Waals surface area contributed by atoms with Gasteiger partial charge in [-0.05, 0) is 43.5 Å². The van der Waals surface area contributed by atoms with E-state index in [1.807, 2.05) is 24.3 Å². The van der Waals surface area contributed by atoms with Crippen molar-refractivity contribution in [1.82, 2.24) is 4.98 Å². The molecule has 0 spiro atoms. The number of amides is 1. The van der Waals surface area contributed by atoms with E-state index in [0.29, 0.717) is 36.3 Å². The van der Waals surface area contributed by atoms with Crippen LogP contribution in [0.4, 0.5) is 11.4 Å². The molecule has 9 heteroatoms. The van der Waals surface area contributed by atoms with E-state index >= 15 is 0 Å². The standard InChI is InChI=1S/C24H31N3O6/c1-17(28)26-21-14-25-23(29-2)13-22(21)33-19-8-6-18(7-9-19)27-15-20(16-27)30-11-12-32-24-5-3-4-10-31-24/h6-9,13-14,20,24H,3-5,10-12,15-16H2,1-2H3,(H,26,28). The van der Waals surface area contributed by atoms with Crippen LogP contribution < -0.4 is 19.7 Å². The summed E-state index contributed by atoms with van der Waals surface area (Å²) in [5.74, 6) is 1.31. The molecule has 0 bridgehead atoms. The van der Waals surface area contributed by atoms with Crippen molar-refractivity contribution in [1.29, 1.82) is 0 Å². The van der Waals surface area contributed by atoms with Crippen LogP contribution in [0.15, 0.2) is 36.5 Å². The Morgan fingerprint density at radius 1 is 1.18 bits per heavy atom. The molecule has 1 unspecified atom stereocenters. The summed E-state index contributed by atoms with van der Waals surface area (Å²) in [7, 11) is 1.53. The second-order valence-electron chi connectivity index (χ2n) is 8.06. The van der Waals surface area contributed by atoms with E-state index in [9.17, 15) is 4.79 Å². The number of ether oxygens (including phenoxy) is 5. The molecular formula is C24H31N3O6. The molecule has 2 aliphatic rings. The Morgan fingerprint density at radius 2 is 1.97 bits per heavy atom. The second-order valence-corrected chi connectivity index (χ2v) is 8.06. The van der Waals surface area contributed by atoms with Gasteiger partial charge in [0.25, 0.3) is 0 Å². The number of rotatable bonds is 10. The largest absolute Gasteiger partial charge is 0.481 e. The van der Waals surface area contributed by atoms with Crippen LogP contribution in [-0.2, 0) is 19.0 Å². The monoisotopic (exact) mass is 457 g/mol. The van der Waals surface area contributed by atoms with E-state index < -0.39 is 0 Å². The molecule has 1 aromatic heterocycles. The molecule has 0 aliphatic carbocycles. The summed E-state index contributed by atoms with van der Waals surface area (Å²) in [6, 6.07) is 9.44. The fourth-order valence-electron chi connectivity index (χ4n) is 3.74. The average Bonchev–Trinajstić information content (AvgIpc) is 2.80. The highest BCUT2D eigenvalue weighted by Gasteiger charge is 2.27. The van der Waals surface area contributed by atoms with Crippen molar-refractivity contribution in [3.8, 4) is 17.4 Å². The van der Waals surface area contributed by atoms with Crippen molar-refractivity contribution < 1.29 is 28.5 Å². The fraction of sp³-hybridized carbons (Fsp3) is 0.500. The Balaban J connectivity index is 1.23. The zero-order valence-electron chi connectivity index (χ0n) is 19.1. The van der Waals surface area contributed by atoms with Gasteiger partial charge >= 0.3 is 0 Å². The summed E-state index contributed by atoms with van der Waals surface area (Å²) in [5, 5.41) is 2.72. The normalized spacial score (nSPS) is 18.5. The zero-order chi connectivity index (χ0) is 23.0. The van der Waals surface area contributed by atoms with E-state index in [0.717, 1.165) is 38.2 Å². The molecule has 2 aliphatic heterocycles. The van der Waals surface area contributed by atoms with Gasteiger partial charge in [0.2, 0.25) is 11.8 Å². The molecule has 1 atom stereocenters. The Morgan fingerprint density at radius 3 is 2.67 bits per heavy atom. The topological polar surface area (TPSA) is 91.4 Å². The van der Waals surface area contributed by atoms with Gasteiger partial charge in [0, 0.05) is 38.4 Å². The minimum absolute atomic E-state index is 0.0662. The number of carbonyl (C=O) groups excluding carboxylic acids is 1. The first-order valence-electron chi connectivity index (χ1n) is 11.3. The molecule has 1 aromatic carbocycles. The van der Waals surface area contributed by atoms with Gasteiger partial charge in [0.1, 0.15) is 11.4 Å². The van der Waals surface area contributed by atoms with Crippen LogP contribution >= 0.6 is 0 Å². The molecule has 1 N–H and O–H groups in total. The quantitative estimate of drug-likeness (QED) is 0.542. The van der Waals surface area contributed by atoms with E-state index in [1.165, 1.54) is 26.7 Å². The van der Waals surface area contributed by atoms with E-state index in [2.05, 4.69) is 15.2 Å². The van der Waals surface area contributed by atoms with Gasteiger partial charge in [-0.3, -0.25) is 4.79 Å². The van der Waals surface area contributed by atoms with E-state index in [1.54, 1.807) is 6.07 Å². The lowest BCUT2D eigenvalue weighted by Gasteiger charge is -2.40. The van der Waals surface area contributed by atoms with Gasteiger partial charge in [-0.1, -0.05) is 0 Å². The maximum atomic E-state index is 11.5. The second kappa shape index (κ2) is 11.3. The number of anilines is 2. The molecular weight excluding hydrogens is 426 g/mol. The van der Waals surface area contributed by atoms with Crippen LogP contribution in [-0.4, -0.2) is 63.3 Å². The minimum atomic E-state index is -0.203. The lowest BCUT2D eigenvalue weighted by Crippen LogP contribution is -2.52. The molecule has 178 valence electrons. The number of nitrogens with one attached hydrogen (secondary N) is 1. The number of hydrogen-bond acceptors (Lipinski definition) is 8. The fourth-order valence-corrected chi connectivity index (χ4v) is 3.74. The molecule has 4 rings (SSSR count). The maximum Gasteiger partial charge on any atom is 0.221 e. The number of hydrogen-bond donors (Lipinski definition) is 1. The highest BCUT2D eigenvalue weighted by atomic mass is 16.7. The van der Waals surface area contributed by atoms with Crippen molar-refractivity contribution in [2.45, 2.75) is 38.6 Å². The van der Waals surface area contributed by atoms with Gasteiger partial charge in [-0.25, -0.2) is 4.98 Å². The number of methoxy groups -OCH3 is 1. The highest BCUT2D eigenvalue weighted by Crippen LogP contribution is 2.33. The Bertz CT molecular complexity index is 911. The van der Waals surface area contributed by atoms with Gasteiger partial charge < -0.3 is 33.9 Å². The summed E-state index contributed by atoms with van der Waals surface area (Å²) < 4.78 is 28.3. The van der Waals surface area contributed by atoms with E-state index in [-0.39, 0.29) is 18.3 Å². The first kappa shape index (κ1) is 23.3. The minimum Gasteiger partial charge on any atom is -0.481 e. The van der Waals surface area contributed by atoms with E-state index in [4.69, 9.17) is 23.7 Å². The summed E-state index contributed by atoms with van der Waals surface area (Å²) in [4.78, 5) is 17.8. The number of carbonyl (C=O) groups is 1. The summed E-state index contributed by atoms with van der Waals surface area (Å²) in [6.45, 7) is 5.05. The summed E-state index contributed by atoms with van der Waals surface area (Å²) in [6.07, 6.45) is 4.92. The number of aromatic nitrogens is 1. The van der Waals surface area contributed by atoms with Gasteiger partial charge in [0.15, 0.2) is 12.0 Å². The third kappa shape index (κ3) is 6.56. The summed E-state index contributed by atoms with van der Waals surface area (Å²) >= 11 is 0. The van der Waals surface area contributed by atoms with Crippen molar-refractivity contribution in [3.05, 3.63) is 36.5 Å². The predicted molar refractivity (Wildman–Crippen MR) is 123 cm³/mol. The Labute approximate surface area is 193 Å². The third-order valence-corrected chi connectivity index (χ3v) is 5.52. The van der Waals surface area contributed by atoms with Crippen LogP contribution in [0.5, 0.6) is 17.4 Å². The molecule has 2 fully saturated rings. The number of benzene rings is 1. The van der Waals surface area contributed by atoms with Crippen LogP contribution in [0, 0.1) is 0 Å². The first-order valence-corrected chi connectivity index (χ1v) is 11.3. The van der Waals surface area contributed by atoms with Crippen LogP contribution in [0.25, 0.3) is 0 Å². The van der Waals surface area contributed by atoms with Crippen molar-refractivity contribution in [2.24, 2.45) is 0 Å². The van der Waals surface area contributed by atoms with Gasteiger partial charge in [0.05, 0.1) is 32.6 Å². The zero-order valence-corrected chi connectivity index (χ0v) is 19.1. The molecule has 3 heterocycles. The highest BCUT2D eigenvalue weighted by molar-refractivity contribution is 5.90.